The summed E-state index contributed by atoms with van der Waals surface area (Å²) in [7, 11) is 0. The SMILES string of the molecule is CC(C)(C)CC(C)(C)CNC(=O)OC(C)(C)C. The second kappa shape index (κ2) is 5.28. The lowest BCUT2D eigenvalue weighted by Gasteiger charge is -2.32. The van der Waals surface area contributed by atoms with Gasteiger partial charge >= 0.3 is 6.09 Å². The van der Waals surface area contributed by atoms with Crippen LogP contribution in [0.25, 0.3) is 0 Å². The van der Waals surface area contributed by atoms with Gasteiger partial charge in [0, 0.05) is 6.54 Å². The van der Waals surface area contributed by atoms with Crippen molar-refractivity contribution in [2.24, 2.45) is 10.8 Å². The molecule has 0 aromatic heterocycles. The van der Waals surface area contributed by atoms with Gasteiger partial charge in [0.2, 0.25) is 0 Å². The van der Waals surface area contributed by atoms with Crippen molar-refractivity contribution in [3.63, 3.8) is 0 Å². The molecule has 0 atom stereocenters. The first kappa shape index (κ1) is 16.3. The highest BCUT2D eigenvalue weighted by Crippen LogP contribution is 2.32. The van der Waals surface area contributed by atoms with Crippen LogP contribution in [0.3, 0.4) is 0 Å². The zero-order valence-corrected chi connectivity index (χ0v) is 12.7. The van der Waals surface area contributed by atoms with Gasteiger partial charge in [-0.3, -0.25) is 0 Å². The van der Waals surface area contributed by atoms with Gasteiger partial charge in [0.15, 0.2) is 0 Å². The molecule has 0 unspecified atom stereocenters. The molecule has 3 nitrogen and oxygen atoms in total. The summed E-state index contributed by atoms with van der Waals surface area (Å²) in [6.07, 6.45) is 0.718. The van der Waals surface area contributed by atoms with Crippen molar-refractivity contribution in [3.05, 3.63) is 0 Å². The van der Waals surface area contributed by atoms with E-state index in [1.165, 1.54) is 0 Å². The first-order chi connectivity index (χ1) is 7.31. The number of rotatable bonds is 3. The summed E-state index contributed by atoms with van der Waals surface area (Å²) in [5.41, 5.74) is -0.0908. The number of amides is 1. The normalized spacial score (nSPS) is 13.4. The fourth-order valence-corrected chi connectivity index (χ4v) is 2.12. The summed E-state index contributed by atoms with van der Waals surface area (Å²) in [5.74, 6) is 0. The van der Waals surface area contributed by atoms with Gasteiger partial charge in [0.1, 0.15) is 5.60 Å². The Hall–Kier alpha value is -0.730. The maximum absolute atomic E-state index is 11.5. The number of hydrogen-bond donors (Lipinski definition) is 1. The van der Waals surface area contributed by atoms with Crippen LogP contribution in [0.4, 0.5) is 4.79 Å². The van der Waals surface area contributed by atoms with Crippen molar-refractivity contribution >= 4 is 6.09 Å². The monoisotopic (exact) mass is 243 g/mol. The minimum Gasteiger partial charge on any atom is -0.444 e. The number of nitrogens with one attached hydrogen (secondary N) is 1. The Balaban J connectivity index is 4.15. The van der Waals surface area contributed by atoms with Crippen molar-refractivity contribution < 1.29 is 9.53 Å². The highest BCUT2D eigenvalue weighted by molar-refractivity contribution is 5.67. The van der Waals surface area contributed by atoms with Gasteiger partial charge in [-0.05, 0) is 38.0 Å². The molecule has 0 aliphatic heterocycles. The van der Waals surface area contributed by atoms with Gasteiger partial charge in [-0.1, -0.05) is 34.6 Å². The van der Waals surface area contributed by atoms with E-state index in [1.807, 2.05) is 20.8 Å². The van der Waals surface area contributed by atoms with Crippen LogP contribution in [0.1, 0.15) is 61.8 Å². The molecule has 1 N–H and O–H groups in total. The lowest BCUT2D eigenvalue weighted by atomic mass is 9.76. The molecule has 0 radical (unpaired) electrons. The molecule has 0 spiro atoms. The molecule has 0 bridgehead atoms. The smallest absolute Gasteiger partial charge is 0.407 e. The zero-order valence-electron chi connectivity index (χ0n) is 12.7. The van der Waals surface area contributed by atoms with Crippen LogP contribution >= 0.6 is 0 Å². The van der Waals surface area contributed by atoms with Crippen LogP contribution in [-0.2, 0) is 4.74 Å². The molecule has 17 heavy (non-hydrogen) atoms. The number of hydrogen-bond acceptors (Lipinski definition) is 2. The van der Waals surface area contributed by atoms with Crippen LogP contribution in [-0.4, -0.2) is 18.2 Å². The van der Waals surface area contributed by atoms with Crippen LogP contribution < -0.4 is 5.32 Å². The average Bonchev–Trinajstić information content (AvgIpc) is 1.92. The minimum absolute atomic E-state index is 0.0785. The van der Waals surface area contributed by atoms with E-state index in [4.69, 9.17) is 4.74 Å². The maximum atomic E-state index is 11.5. The van der Waals surface area contributed by atoms with Crippen molar-refractivity contribution in [1.82, 2.24) is 5.32 Å². The number of alkyl carbamates (subject to hydrolysis) is 1. The van der Waals surface area contributed by atoms with E-state index >= 15 is 0 Å². The Kier molecular flexibility index (Phi) is 5.05. The predicted molar refractivity (Wildman–Crippen MR) is 72.1 cm³/mol. The van der Waals surface area contributed by atoms with Crippen molar-refractivity contribution in [3.8, 4) is 0 Å². The average molecular weight is 243 g/mol. The van der Waals surface area contributed by atoms with Gasteiger partial charge in [0.05, 0.1) is 0 Å². The molecule has 0 saturated heterocycles. The topological polar surface area (TPSA) is 38.3 Å². The lowest BCUT2D eigenvalue weighted by Crippen LogP contribution is -2.39. The van der Waals surface area contributed by atoms with E-state index in [0.717, 1.165) is 6.42 Å². The number of carbonyl (C=O) groups is 1. The molecule has 102 valence electrons. The highest BCUT2D eigenvalue weighted by atomic mass is 16.6. The van der Waals surface area contributed by atoms with E-state index in [1.54, 1.807) is 0 Å². The molecule has 3 heteroatoms. The maximum Gasteiger partial charge on any atom is 0.407 e. The molecule has 0 fully saturated rings. The summed E-state index contributed by atoms with van der Waals surface area (Å²) >= 11 is 0. The van der Waals surface area contributed by atoms with Crippen molar-refractivity contribution in [2.75, 3.05) is 6.54 Å². The first-order valence-corrected chi connectivity index (χ1v) is 6.28. The van der Waals surface area contributed by atoms with Crippen LogP contribution in [0.2, 0.25) is 0 Å². The van der Waals surface area contributed by atoms with Gasteiger partial charge in [-0.2, -0.15) is 0 Å². The summed E-state index contributed by atoms with van der Waals surface area (Å²) in [4.78, 5) is 11.5. The predicted octanol–water partition coefficient (Wildman–Crippen LogP) is 3.97. The number of carbonyl (C=O) groups excluding carboxylic acids is 1. The molecule has 0 heterocycles. The van der Waals surface area contributed by atoms with Crippen LogP contribution in [0.5, 0.6) is 0 Å². The van der Waals surface area contributed by atoms with Crippen molar-refractivity contribution in [1.29, 1.82) is 0 Å². The molecule has 1 amide bonds. The largest absolute Gasteiger partial charge is 0.444 e. The molecule has 0 rings (SSSR count). The Morgan fingerprint density at radius 2 is 1.47 bits per heavy atom. The molecule has 0 saturated carbocycles. The minimum atomic E-state index is -0.432. The van der Waals surface area contributed by atoms with E-state index < -0.39 is 5.60 Å². The highest BCUT2D eigenvalue weighted by Gasteiger charge is 2.26. The second-order valence-electron chi connectivity index (χ2n) is 7.76. The van der Waals surface area contributed by atoms with Crippen LogP contribution in [0, 0.1) is 10.8 Å². The summed E-state index contributed by atoms with van der Waals surface area (Å²) in [6.45, 7) is 17.2. The molecular weight excluding hydrogens is 214 g/mol. The van der Waals surface area contributed by atoms with Crippen molar-refractivity contribution in [2.45, 2.75) is 67.4 Å². The molecule has 0 aromatic rings. The summed E-state index contributed by atoms with van der Waals surface area (Å²) in [5, 5.41) is 2.84. The fraction of sp³-hybridized carbons (Fsp3) is 0.929. The third kappa shape index (κ3) is 10.2. The molecule has 0 aliphatic rings. The Morgan fingerprint density at radius 1 is 1.00 bits per heavy atom. The van der Waals surface area contributed by atoms with Gasteiger partial charge < -0.3 is 10.1 Å². The fourth-order valence-electron chi connectivity index (χ4n) is 2.12. The second-order valence-corrected chi connectivity index (χ2v) is 7.76. The summed E-state index contributed by atoms with van der Waals surface area (Å²) < 4.78 is 5.21. The zero-order chi connectivity index (χ0) is 13.9. The van der Waals surface area contributed by atoms with E-state index in [0.29, 0.717) is 6.54 Å². The summed E-state index contributed by atoms with van der Waals surface area (Å²) in [6, 6.07) is 0. The Labute approximate surface area is 106 Å². The number of ether oxygens (including phenoxy) is 1. The lowest BCUT2D eigenvalue weighted by molar-refractivity contribution is 0.0494. The van der Waals surface area contributed by atoms with Gasteiger partial charge in [0.25, 0.3) is 0 Å². The Bertz CT molecular complexity index is 256. The van der Waals surface area contributed by atoms with E-state index in [-0.39, 0.29) is 16.9 Å². The quantitative estimate of drug-likeness (QED) is 0.814. The molecule has 0 aromatic carbocycles. The van der Waals surface area contributed by atoms with E-state index in [2.05, 4.69) is 39.9 Å². The van der Waals surface area contributed by atoms with E-state index in [9.17, 15) is 4.79 Å². The van der Waals surface area contributed by atoms with Gasteiger partial charge in [-0.15, -0.1) is 0 Å². The first-order valence-electron chi connectivity index (χ1n) is 6.28. The standard InChI is InChI=1S/C14H29NO2/c1-12(2,3)9-14(7,8)10-15-11(16)17-13(4,5)6/h9-10H2,1-8H3,(H,15,16). The molecule has 0 aliphatic carbocycles. The third-order valence-electron chi connectivity index (χ3n) is 2.12. The third-order valence-corrected chi connectivity index (χ3v) is 2.12. The van der Waals surface area contributed by atoms with Gasteiger partial charge in [-0.25, -0.2) is 4.79 Å². The van der Waals surface area contributed by atoms with Crippen LogP contribution in [0.15, 0.2) is 0 Å². The molecular formula is C14H29NO2. The Morgan fingerprint density at radius 3 is 1.82 bits per heavy atom.